The maximum atomic E-state index is 12.8. The molecule has 0 bridgehead atoms. The van der Waals surface area contributed by atoms with Crippen molar-refractivity contribution >= 4 is 17.7 Å². The van der Waals surface area contributed by atoms with E-state index in [4.69, 9.17) is 9.84 Å². The van der Waals surface area contributed by atoms with Crippen molar-refractivity contribution in [3.05, 3.63) is 23.3 Å². The highest BCUT2D eigenvalue weighted by molar-refractivity contribution is 5.77. The molecular formula is C18H25N5O4. The standard InChI is InChI=1S/C18H25N5O4/c1-12-15(13(2)23-18(21-12)19-11-20-23)5-6-16(24)22(8-7-17(25)26)10-14-4-3-9-27-14/h11,14H,3-10H2,1-2H3,(H,25,26)/t14-/m1/s1. The molecule has 1 saturated heterocycles. The SMILES string of the molecule is Cc1nc2ncnn2c(C)c1CCC(=O)N(CCC(=O)O)C[C@H]1CCCO1. The van der Waals surface area contributed by atoms with Gasteiger partial charge >= 0.3 is 5.97 Å². The summed E-state index contributed by atoms with van der Waals surface area (Å²) in [5, 5.41) is 13.1. The summed E-state index contributed by atoms with van der Waals surface area (Å²) in [4.78, 5) is 33.9. The average molecular weight is 375 g/mol. The summed E-state index contributed by atoms with van der Waals surface area (Å²) in [5.41, 5.74) is 2.72. The molecule has 3 rings (SSSR count). The second-order valence-corrected chi connectivity index (χ2v) is 6.85. The number of carboxylic acid groups (broad SMARTS) is 1. The first-order chi connectivity index (χ1) is 13.0. The van der Waals surface area contributed by atoms with Crippen LogP contribution in [0, 0.1) is 13.8 Å². The molecule has 1 amide bonds. The van der Waals surface area contributed by atoms with Gasteiger partial charge < -0.3 is 14.7 Å². The van der Waals surface area contributed by atoms with E-state index in [1.165, 1.54) is 6.33 Å². The van der Waals surface area contributed by atoms with E-state index in [0.29, 0.717) is 25.4 Å². The van der Waals surface area contributed by atoms with Crippen LogP contribution in [0.25, 0.3) is 5.78 Å². The normalized spacial score (nSPS) is 16.7. The number of aryl methyl sites for hydroxylation is 2. The van der Waals surface area contributed by atoms with Crippen molar-refractivity contribution in [3.63, 3.8) is 0 Å². The van der Waals surface area contributed by atoms with Crippen LogP contribution in [0.4, 0.5) is 0 Å². The number of carboxylic acids is 1. The van der Waals surface area contributed by atoms with Crippen molar-refractivity contribution in [3.8, 4) is 0 Å². The maximum absolute atomic E-state index is 12.8. The van der Waals surface area contributed by atoms with Crippen LogP contribution < -0.4 is 0 Å². The minimum Gasteiger partial charge on any atom is -0.481 e. The summed E-state index contributed by atoms with van der Waals surface area (Å²) in [7, 11) is 0. The van der Waals surface area contributed by atoms with E-state index in [-0.39, 0.29) is 31.4 Å². The van der Waals surface area contributed by atoms with Gasteiger partial charge in [0.05, 0.1) is 12.5 Å². The van der Waals surface area contributed by atoms with Crippen molar-refractivity contribution in [2.24, 2.45) is 0 Å². The van der Waals surface area contributed by atoms with Crippen molar-refractivity contribution in [1.82, 2.24) is 24.5 Å². The number of amides is 1. The Morgan fingerprint density at radius 3 is 2.89 bits per heavy atom. The van der Waals surface area contributed by atoms with Crippen LogP contribution in [0.1, 0.15) is 42.6 Å². The number of carbonyl (C=O) groups excluding carboxylic acids is 1. The Labute approximate surface area is 157 Å². The van der Waals surface area contributed by atoms with Crippen LogP contribution >= 0.6 is 0 Å². The molecule has 3 heterocycles. The average Bonchev–Trinajstić information content (AvgIpc) is 3.29. The minimum atomic E-state index is -0.910. The van der Waals surface area contributed by atoms with Gasteiger partial charge in [-0.05, 0) is 38.7 Å². The third-order valence-corrected chi connectivity index (χ3v) is 4.97. The predicted octanol–water partition coefficient (Wildman–Crippen LogP) is 1.16. The number of aliphatic carboxylic acids is 1. The van der Waals surface area contributed by atoms with Crippen LogP contribution in [-0.2, 0) is 20.7 Å². The first-order valence-electron chi connectivity index (χ1n) is 9.22. The Kier molecular flexibility index (Phi) is 6.00. The van der Waals surface area contributed by atoms with Crippen LogP contribution in [0.2, 0.25) is 0 Å². The van der Waals surface area contributed by atoms with E-state index in [0.717, 1.165) is 29.8 Å². The third-order valence-electron chi connectivity index (χ3n) is 4.97. The number of carbonyl (C=O) groups is 2. The van der Waals surface area contributed by atoms with Crippen LogP contribution in [0.3, 0.4) is 0 Å². The molecule has 27 heavy (non-hydrogen) atoms. The Morgan fingerprint density at radius 2 is 2.19 bits per heavy atom. The summed E-state index contributed by atoms with van der Waals surface area (Å²) in [6.45, 7) is 5.19. The van der Waals surface area contributed by atoms with Gasteiger partial charge in [-0.25, -0.2) is 9.50 Å². The molecule has 9 nitrogen and oxygen atoms in total. The molecular weight excluding hydrogens is 350 g/mol. The number of hydrogen-bond donors (Lipinski definition) is 1. The first kappa shape index (κ1) is 19.2. The Morgan fingerprint density at radius 1 is 1.37 bits per heavy atom. The fourth-order valence-electron chi connectivity index (χ4n) is 3.49. The highest BCUT2D eigenvalue weighted by Crippen LogP contribution is 2.17. The van der Waals surface area contributed by atoms with E-state index in [1.54, 1.807) is 9.42 Å². The summed E-state index contributed by atoms with van der Waals surface area (Å²) >= 11 is 0. The van der Waals surface area contributed by atoms with Gasteiger partial charge in [0.25, 0.3) is 5.78 Å². The van der Waals surface area contributed by atoms with E-state index < -0.39 is 5.97 Å². The second kappa shape index (κ2) is 8.43. The molecule has 1 aliphatic rings. The lowest BCUT2D eigenvalue weighted by Crippen LogP contribution is -2.39. The van der Waals surface area contributed by atoms with Gasteiger partial charge in [-0.15, -0.1) is 0 Å². The number of hydrogen-bond acceptors (Lipinski definition) is 6. The van der Waals surface area contributed by atoms with Gasteiger partial charge in [0.1, 0.15) is 6.33 Å². The first-order valence-corrected chi connectivity index (χ1v) is 9.22. The topological polar surface area (TPSA) is 110 Å². The van der Waals surface area contributed by atoms with Crippen LogP contribution in [0.5, 0.6) is 0 Å². The Bertz CT molecular complexity index is 829. The van der Waals surface area contributed by atoms with Crippen molar-refractivity contribution in [1.29, 1.82) is 0 Å². The fourth-order valence-corrected chi connectivity index (χ4v) is 3.49. The second-order valence-electron chi connectivity index (χ2n) is 6.85. The van der Waals surface area contributed by atoms with E-state index >= 15 is 0 Å². The molecule has 0 spiro atoms. The predicted molar refractivity (Wildman–Crippen MR) is 96.4 cm³/mol. The molecule has 2 aromatic heterocycles. The van der Waals surface area contributed by atoms with Gasteiger partial charge in [-0.2, -0.15) is 10.1 Å². The molecule has 2 aromatic rings. The zero-order valence-corrected chi connectivity index (χ0v) is 15.7. The highest BCUT2D eigenvalue weighted by atomic mass is 16.5. The molecule has 0 unspecified atom stereocenters. The van der Waals surface area contributed by atoms with Gasteiger partial charge in [0.2, 0.25) is 5.91 Å². The number of rotatable bonds is 8. The van der Waals surface area contributed by atoms with Crippen LogP contribution in [0.15, 0.2) is 6.33 Å². The number of nitrogens with zero attached hydrogens (tertiary/aromatic N) is 5. The molecule has 1 N–H and O–H groups in total. The maximum Gasteiger partial charge on any atom is 0.305 e. The lowest BCUT2D eigenvalue weighted by molar-refractivity contribution is -0.139. The molecule has 146 valence electrons. The molecule has 0 saturated carbocycles. The molecule has 1 aliphatic heterocycles. The Hall–Kier alpha value is -2.55. The summed E-state index contributed by atoms with van der Waals surface area (Å²) in [6.07, 6.45) is 4.08. The summed E-state index contributed by atoms with van der Waals surface area (Å²) < 4.78 is 7.28. The molecule has 9 heteroatoms. The number of aromatic nitrogens is 4. The highest BCUT2D eigenvalue weighted by Gasteiger charge is 2.23. The van der Waals surface area contributed by atoms with E-state index in [9.17, 15) is 9.59 Å². The van der Waals surface area contributed by atoms with Crippen molar-refractivity contribution < 1.29 is 19.4 Å². The Balaban J connectivity index is 1.68. The largest absolute Gasteiger partial charge is 0.481 e. The lowest BCUT2D eigenvalue weighted by atomic mass is 10.1. The van der Waals surface area contributed by atoms with E-state index in [2.05, 4.69) is 15.1 Å². The van der Waals surface area contributed by atoms with Gasteiger partial charge in [0.15, 0.2) is 0 Å². The van der Waals surface area contributed by atoms with Gasteiger partial charge in [-0.1, -0.05) is 0 Å². The quantitative estimate of drug-likeness (QED) is 0.737. The number of ether oxygens (including phenoxy) is 1. The third kappa shape index (κ3) is 4.60. The zero-order chi connectivity index (χ0) is 19.4. The lowest BCUT2D eigenvalue weighted by Gasteiger charge is -2.25. The van der Waals surface area contributed by atoms with Crippen LogP contribution in [-0.4, -0.2) is 67.3 Å². The number of fused-ring (bicyclic) bond motifs is 1. The zero-order valence-electron chi connectivity index (χ0n) is 15.7. The smallest absolute Gasteiger partial charge is 0.305 e. The monoisotopic (exact) mass is 375 g/mol. The molecule has 0 aliphatic carbocycles. The van der Waals surface area contributed by atoms with E-state index in [1.807, 2.05) is 13.8 Å². The molecule has 1 atom stereocenters. The van der Waals surface area contributed by atoms with Crippen molar-refractivity contribution in [2.45, 2.75) is 52.1 Å². The minimum absolute atomic E-state index is 0.000572. The fraction of sp³-hybridized carbons (Fsp3) is 0.611. The summed E-state index contributed by atoms with van der Waals surface area (Å²) in [5.74, 6) is -0.432. The molecule has 1 fully saturated rings. The van der Waals surface area contributed by atoms with Gasteiger partial charge in [0, 0.05) is 37.5 Å². The molecule has 0 aromatic carbocycles. The van der Waals surface area contributed by atoms with Crippen molar-refractivity contribution in [2.75, 3.05) is 19.7 Å². The van der Waals surface area contributed by atoms with Gasteiger partial charge in [-0.3, -0.25) is 9.59 Å². The summed E-state index contributed by atoms with van der Waals surface area (Å²) in [6, 6.07) is 0. The molecule has 0 radical (unpaired) electrons.